The van der Waals surface area contributed by atoms with Crippen LogP contribution in [0.25, 0.3) is 6.08 Å². The smallest absolute Gasteiger partial charge is 0.268 e. The van der Waals surface area contributed by atoms with Crippen molar-refractivity contribution in [2.75, 3.05) is 4.90 Å². The molecule has 0 atom stereocenters. The number of imide groups is 1. The summed E-state index contributed by atoms with van der Waals surface area (Å²) in [6.07, 6.45) is 1.47. The van der Waals surface area contributed by atoms with Crippen LogP contribution in [0, 0.1) is 17.0 Å². The first kappa shape index (κ1) is 17.2. The zero-order valence-electron chi connectivity index (χ0n) is 12.9. The van der Waals surface area contributed by atoms with Gasteiger partial charge in [-0.15, -0.1) is 0 Å². The molecule has 0 radical (unpaired) electrons. The number of thioether (sulfide) groups is 1. The average molecular weight is 375 g/mol. The van der Waals surface area contributed by atoms with Crippen LogP contribution < -0.4 is 4.90 Å². The summed E-state index contributed by atoms with van der Waals surface area (Å²) in [4.78, 5) is 36.5. The highest BCUT2D eigenvalue weighted by Gasteiger charge is 2.36. The SMILES string of the molecule is Cc1ccc(/C=C2/SC(=O)N(c3cccc(Cl)c3)C2=O)cc1[N+](=O)[O-]. The summed E-state index contributed by atoms with van der Waals surface area (Å²) >= 11 is 6.69. The van der Waals surface area contributed by atoms with E-state index in [4.69, 9.17) is 11.6 Å². The van der Waals surface area contributed by atoms with Gasteiger partial charge in [-0.1, -0.05) is 29.8 Å². The van der Waals surface area contributed by atoms with Crippen molar-refractivity contribution >= 4 is 52.0 Å². The molecule has 1 aliphatic rings. The Hall–Kier alpha value is -2.64. The van der Waals surface area contributed by atoms with Gasteiger partial charge in [-0.2, -0.15) is 0 Å². The zero-order valence-corrected chi connectivity index (χ0v) is 14.5. The maximum atomic E-state index is 12.6. The van der Waals surface area contributed by atoms with Crippen molar-refractivity contribution < 1.29 is 14.5 Å². The molecule has 1 fully saturated rings. The topological polar surface area (TPSA) is 80.5 Å². The number of nitro groups is 1. The number of nitrogens with zero attached hydrogens (tertiary/aromatic N) is 2. The van der Waals surface area contributed by atoms with Gasteiger partial charge in [-0.3, -0.25) is 19.7 Å². The highest BCUT2D eigenvalue weighted by molar-refractivity contribution is 8.19. The number of hydrogen-bond donors (Lipinski definition) is 0. The highest BCUT2D eigenvalue weighted by Crippen LogP contribution is 2.36. The number of halogens is 1. The second kappa shape index (κ2) is 6.70. The Balaban J connectivity index is 1.96. The maximum absolute atomic E-state index is 12.6. The monoisotopic (exact) mass is 374 g/mol. The summed E-state index contributed by atoms with van der Waals surface area (Å²) in [6.45, 7) is 1.63. The molecule has 0 aliphatic carbocycles. The first-order chi connectivity index (χ1) is 11.9. The molecule has 2 amide bonds. The Morgan fingerprint density at radius 3 is 2.64 bits per heavy atom. The van der Waals surface area contributed by atoms with Crippen molar-refractivity contribution in [3.63, 3.8) is 0 Å². The number of anilines is 1. The van der Waals surface area contributed by atoms with Crippen LogP contribution in [0.4, 0.5) is 16.2 Å². The van der Waals surface area contributed by atoms with Gasteiger partial charge >= 0.3 is 0 Å². The van der Waals surface area contributed by atoms with Gasteiger partial charge in [0, 0.05) is 16.7 Å². The van der Waals surface area contributed by atoms with Gasteiger partial charge in [0.2, 0.25) is 0 Å². The van der Waals surface area contributed by atoms with E-state index in [1.165, 1.54) is 18.2 Å². The van der Waals surface area contributed by atoms with Crippen molar-refractivity contribution in [3.05, 3.63) is 73.6 Å². The number of rotatable bonds is 3. The Bertz CT molecular complexity index is 942. The summed E-state index contributed by atoms with van der Waals surface area (Å²) in [5, 5.41) is 11.0. The van der Waals surface area contributed by atoms with Crippen LogP contribution >= 0.6 is 23.4 Å². The van der Waals surface area contributed by atoms with E-state index in [0.29, 0.717) is 21.8 Å². The predicted molar refractivity (Wildman–Crippen MR) is 97.7 cm³/mol. The first-order valence-corrected chi connectivity index (χ1v) is 8.35. The van der Waals surface area contributed by atoms with Crippen molar-refractivity contribution in [1.82, 2.24) is 0 Å². The lowest BCUT2D eigenvalue weighted by molar-refractivity contribution is -0.385. The zero-order chi connectivity index (χ0) is 18.1. The lowest BCUT2D eigenvalue weighted by atomic mass is 10.1. The largest absolute Gasteiger partial charge is 0.298 e. The minimum Gasteiger partial charge on any atom is -0.268 e. The molecule has 25 heavy (non-hydrogen) atoms. The van der Waals surface area contributed by atoms with Crippen LogP contribution in [0.3, 0.4) is 0 Å². The van der Waals surface area contributed by atoms with Crippen LogP contribution in [-0.2, 0) is 4.79 Å². The summed E-state index contributed by atoms with van der Waals surface area (Å²) in [7, 11) is 0. The van der Waals surface area contributed by atoms with Gasteiger partial charge in [0.1, 0.15) is 0 Å². The van der Waals surface area contributed by atoms with Gasteiger partial charge in [-0.05, 0) is 48.5 Å². The second-order valence-corrected chi connectivity index (χ2v) is 6.73. The molecular formula is C17H11ClN2O4S. The molecule has 0 saturated carbocycles. The van der Waals surface area contributed by atoms with Gasteiger partial charge in [0.05, 0.1) is 15.5 Å². The summed E-state index contributed by atoms with van der Waals surface area (Å²) in [6, 6.07) is 11.1. The van der Waals surface area contributed by atoms with Crippen LogP contribution in [0.5, 0.6) is 0 Å². The van der Waals surface area contributed by atoms with Gasteiger partial charge < -0.3 is 0 Å². The molecule has 3 rings (SSSR count). The number of nitro benzene ring substituents is 1. The molecule has 1 heterocycles. The Morgan fingerprint density at radius 2 is 1.96 bits per heavy atom. The fourth-order valence-corrected chi connectivity index (χ4v) is 3.40. The number of carbonyl (C=O) groups is 2. The number of aryl methyl sites for hydroxylation is 1. The van der Waals surface area contributed by atoms with Crippen LogP contribution in [-0.4, -0.2) is 16.1 Å². The predicted octanol–water partition coefficient (Wildman–Crippen LogP) is 4.80. The van der Waals surface area contributed by atoms with Crippen LogP contribution in [0.15, 0.2) is 47.4 Å². The quantitative estimate of drug-likeness (QED) is 0.438. The Labute approximate surface area is 152 Å². The lowest BCUT2D eigenvalue weighted by Crippen LogP contribution is -2.27. The second-order valence-electron chi connectivity index (χ2n) is 5.30. The Morgan fingerprint density at radius 1 is 1.20 bits per heavy atom. The fourth-order valence-electron chi connectivity index (χ4n) is 2.37. The average Bonchev–Trinajstić information content (AvgIpc) is 2.83. The lowest BCUT2D eigenvalue weighted by Gasteiger charge is -2.12. The molecule has 1 aliphatic heterocycles. The molecule has 126 valence electrons. The summed E-state index contributed by atoms with van der Waals surface area (Å²) in [5.74, 6) is -0.486. The molecule has 0 spiro atoms. The van der Waals surface area contributed by atoms with Crippen LogP contribution in [0.2, 0.25) is 5.02 Å². The van der Waals surface area contributed by atoms with E-state index in [9.17, 15) is 19.7 Å². The Kier molecular flexibility index (Phi) is 4.61. The molecule has 8 heteroatoms. The van der Waals surface area contributed by atoms with Gasteiger partial charge in [0.25, 0.3) is 16.8 Å². The van der Waals surface area contributed by atoms with Crippen molar-refractivity contribution in [2.24, 2.45) is 0 Å². The molecule has 2 aromatic rings. The normalized spacial score (nSPS) is 15.9. The summed E-state index contributed by atoms with van der Waals surface area (Å²) in [5.41, 5.74) is 1.35. The third kappa shape index (κ3) is 3.42. The molecule has 0 aromatic heterocycles. The fraction of sp³-hybridized carbons (Fsp3) is 0.0588. The van der Waals surface area contributed by atoms with E-state index in [-0.39, 0.29) is 10.6 Å². The molecule has 2 aromatic carbocycles. The minimum absolute atomic E-state index is 0.0391. The van der Waals surface area contributed by atoms with Crippen molar-refractivity contribution in [3.8, 4) is 0 Å². The summed E-state index contributed by atoms with van der Waals surface area (Å²) < 4.78 is 0. The van der Waals surface area contributed by atoms with E-state index < -0.39 is 16.1 Å². The number of benzene rings is 2. The number of amides is 2. The van der Waals surface area contributed by atoms with Crippen molar-refractivity contribution in [2.45, 2.75) is 6.92 Å². The number of carbonyl (C=O) groups excluding carboxylic acids is 2. The van der Waals surface area contributed by atoms with Gasteiger partial charge in [0.15, 0.2) is 0 Å². The van der Waals surface area contributed by atoms with E-state index in [0.717, 1.165) is 16.7 Å². The molecule has 6 nitrogen and oxygen atoms in total. The minimum atomic E-state index is -0.486. The molecule has 1 saturated heterocycles. The van der Waals surface area contributed by atoms with E-state index in [1.807, 2.05) is 0 Å². The van der Waals surface area contributed by atoms with E-state index in [2.05, 4.69) is 0 Å². The molecule has 0 unspecified atom stereocenters. The number of hydrogen-bond acceptors (Lipinski definition) is 5. The van der Waals surface area contributed by atoms with Gasteiger partial charge in [-0.25, -0.2) is 4.90 Å². The van der Waals surface area contributed by atoms with E-state index >= 15 is 0 Å². The third-order valence-electron chi connectivity index (χ3n) is 3.59. The molecule has 0 bridgehead atoms. The first-order valence-electron chi connectivity index (χ1n) is 7.15. The maximum Gasteiger partial charge on any atom is 0.298 e. The third-order valence-corrected chi connectivity index (χ3v) is 4.69. The van der Waals surface area contributed by atoms with Crippen molar-refractivity contribution in [1.29, 1.82) is 0 Å². The van der Waals surface area contributed by atoms with Crippen LogP contribution in [0.1, 0.15) is 11.1 Å². The highest BCUT2D eigenvalue weighted by atomic mass is 35.5. The standard InChI is InChI=1S/C17H11ClN2O4S/c1-10-5-6-11(7-14(10)20(23)24)8-15-16(21)19(17(22)25-15)13-4-2-3-12(18)9-13/h2-9H,1H3/b15-8+. The van der Waals surface area contributed by atoms with E-state index in [1.54, 1.807) is 37.3 Å². The molecule has 0 N–H and O–H groups in total. The molecular weight excluding hydrogens is 364 g/mol.